The van der Waals surface area contributed by atoms with Crippen molar-refractivity contribution < 1.29 is 9.53 Å². The van der Waals surface area contributed by atoms with Gasteiger partial charge in [0.05, 0.1) is 30.6 Å². The van der Waals surface area contributed by atoms with Gasteiger partial charge in [-0.25, -0.2) is 4.68 Å². The van der Waals surface area contributed by atoms with Crippen LogP contribution in [0.3, 0.4) is 0 Å². The van der Waals surface area contributed by atoms with Crippen LogP contribution in [-0.2, 0) is 9.53 Å². The van der Waals surface area contributed by atoms with Crippen molar-refractivity contribution in [2.75, 3.05) is 31.6 Å². The number of nitrogens with zero attached hydrogens (tertiary/aromatic N) is 3. The second-order valence-electron chi connectivity index (χ2n) is 5.88. The third kappa shape index (κ3) is 3.97. The maximum Gasteiger partial charge on any atom is 0.239 e. The van der Waals surface area contributed by atoms with Crippen molar-refractivity contribution in [1.29, 1.82) is 0 Å². The van der Waals surface area contributed by atoms with E-state index in [1.807, 2.05) is 50.2 Å². The second kappa shape index (κ2) is 6.93. The average molecular weight is 314 g/mol. The highest BCUT2D eigenvalue weighted by Gasteiger charge is 2.19. The molecule has 0 bridgehead atoms. The Morgan fingerprint density at radius 3 is 2.91 bits per heavy atom. The first kappa shape index (κ1) is 15.7. The molecule has 23 heavy (non-hydrogen) atoms. The Morgan fingerprint density at radius 1 is 1.39 bits per heavy atom. The number of hydrogen-bond donors (Lipinski definition) is 1. The molecule has 122 valence electrons. The van der Waals surface area contributed by atoms with E-state index in [-0.39, 0.29) is 12.0 Å². The second-order valence-corrected chi connectivity index (χ2v) is 5.88. The quantitative estimate of drug-likeness (QED) is 0.935. The van der Waals surface area contributed by atoms with Gasteiger partial charge in [-0.3, -0.25) is 9.69 Å². The van der Waals surface area contributed by atoms with Gasteiger partial charge in [0, 0.05) is 19.2 Å². The number of nitrogens with one attached hydrogen (secondary N) is 1. The molecule has 2 aromatic rings. The number of para-hydroxylation sites is 1. The van der Waals surface area contributed by atoms with Crippen LogP contribution in [0, 0.1) is 6.92 Å². The van der Waals surface area contributed by atoms with Crippen LogP contribution in [0.2, 0.25) is 0 Å². The predicted octanol–water partition coefficient (Wildman–Crippen LogP) is 1.84. The van der Waals surface area contributed by atoms with Crippen LogP contribution in [-0.4, -0.2) is 52.9 Å². The van der Waals surface area contributed by atoms with Crippen molar-refractivity contribution in [2.45, 2.75) is 20.0 Å². The van der Waals surface area contributed by atoms with Gasteiger partial charge >= 0.3 is 0 Å². The van der Waals surface area contributed by atoms with E-state index in [0.29, 0.717) is 19.0 Å². The van der Waals surface area contributed by atoms with Crippen LogP contribution in [0.1, 0.15) is 12.6 Å². The Kier molecular flexibility index (Phi) is 4.73. The summed E-state index contributed by atoms with van der Waals surface area (Å²) in [4.78, 5) is 14.5. The van der Waals surface area contributed by atoms with Crippen molar-refractivity contribution in [3.8, 4) is 5.69 Å². The lowest BCUT2D eigenvalue weighted by molar-refractivity contribution is -0.119. The third-order valence-corrected chi connectivity index (χ3v) is 3.79. The summed E-state index contributed by atoms with van der Waals surface area (Å²) in [5.41, 5.74) is 1.79. The number of morpholine rings is 1. The number of carbonyl (C=O) groups is 1. The molecule has 1 saturated heterocycles. The Bertz CT molecular complexity index is 668. The minimum absolute atomic E-state index is 0.0313. The molecule has 0 spiro atoms. The lowest BCUT2D eigenvalue weighted by atomic mass is 10.3. The zero-order valence-electron chi connectivity index (χ0n) is 13.5. The molecule has 3 rings (SSSR count). The molecule has 0 aliphatic carbocycles. The molecule has 0 radical (unpaired) electrons. The first-order chi connectivity index (χ1) is 11.1. The van der Waals surface area contributed by atoms with Crippen LogP contribution >= 0.6 is 0 Å². The fourth-order valence-electron chi connectivity index (χ4n) is 2.77. The van der Waals surface area contributed by atoms with Crippen molar-refractivity contribution in [2.24, 2.45) is 0 Å². The van der Waals surface area contributed by atoms with E-state index in [0.717, 1.165) is 24.5 Å². The van der Waals surface area contributed by atoms with Gasteiger partial charge in [0.1, 0.15) is 5.82 Å². The van der Waals surface area contributed by atoms with Gasteiger partial charge in [-0.15, -0.1) is 0 Å². The molecule has 6 nitrogen and oxygen atoms in total. The molecule has 1 N–H and O–H groups in total. The van der Waals surface area contributed by atoms with Crippen LogP contribution in [0.5, 0.6) is 0 Å². The highest BCUT2D eigenvalue weighted by molar-refractivity contribution is 5.91. The highest BCUT2D eigenvalue weighted by Crippen LogP contribution is 2.17. The number of rotatable bonds is 4. The SMILES string of the molecule is Cc1cc(NC(=O)CN2CCO[C@@H](C)C2)n(-c2ccccc2)n1. The first-order valence-corrected chi connectivity index (χ1v) is 7.88. The summed E-state index contributed by atoms with van der Waals surface area (Å²) in [7, 11) is 0. The predicted molar refractivity (Wildman–Crippen MR) is 88.8 cm³/mol. The number of ether oxygens (including phenoxy) is 1. The molecule has 1 aliphatic rings. The molecular weight excluding hydrogens is 292 g/mol. The van der Waals surface area contributed by atoms with Crippen LogP contribution in [0.25, 0.3) is 5.69 Å². The first-order valence-electron chi connectivity index (χ1n) is 7.88. The lowest BCUT2D eigenvalue weighted by Crippen LogP contribution is -2.44. The summed E-state index contributed by atoms with van der Waals surface area (Å²) < 4.78 is 7.26. The van der Waals surface area contributed by atoms with E-state index in [1.54, 1.807) is 4.68 Å². The maximum atomic E-state index is 12.3. The summed E-state index contributed by atoms with van der Waals surface area (Å²) in [6, 6.07) is 11.7. The van der Waals surface area contributed by atoms with Crippen LogP contribution < -0.4 is 5.32 Å². The van der Waals surface area contributed by atoms with Gasteiger partial charge in [0.2, 0.25) is 5.91 Å². The number of anilines is 1. The largest absolute Gasteiger partial charge is 0.376 e. The summed E-state index contributed by atoms with van der Waals surface area (Å²) in [6.07, 6.45) is 0.175. The number of aromatic nitrogens is 2. The average Bonchev–Trinajstić information content (AvgIpc) is 2.88. The standard InChI is InChI=1S/C17H22N4O2/c1-13-10-16(21(19-13)15-6-4-3-5-7-15)18-17(22)12-20-8-9-23-14(2)11-20/h3-7,10,14H,8-9,11-12H2,1-2H3,(H,18,22)/t14-/m0/s1. The van der Waals surface area contributed by atoms with E-state index < -0.39 is 0 Å². The monoisotopic (exact) mass is 314 g/mol. The molecule has 1 fully saturated rings. The molecule has 1 aromatic carbocycles. The molecule has 1 amide bonds. The summed E-state index contributed by atoms with van der Waals surface area (Å²) in [5.74, 6) is 0.663. The number of carbonyl (C=O) groups excluding carboxylic acids is 1. The smallest absolute Gasteiger partial charge is 0.239 e. The maximum absolute atomic E-state index is 12.3. The van der Waals surface area contributed by atoms with Crippen molar-refractivity contribution in [3.63, 3.8) is 0 Å². The lowest BCUT2D eigenvalue weighted by Gasteiger charge is -2.30. The van der Waals surface area contributed by atoms with Gasteiger partial charge in [-0.1, -0.05) is 18.2 Å². The van der Waals surface area contributed by atoms with Gasteiger partial charge in [-0.05, 0) is 26.0 Å². The summed E-state index contributed by atoms with van der Waals surface area (Å²) in [6.45, 7) is 6.55. The molecule has 1 aromatic heterocycles. The Morgan fingerprint density at radius 2 is 2.17 bits per heavy atom. The number of amides is 1. The molecule has 0 saturated carbocycles. The molecule has 2 heterocycles. The zero-order chi connectivity index (χ0) is 16.2. The van der Waals surface area contributed by atoms with E-state index in [4.69, 9.17) is 4.74 Å². The molecule has 6 heteroatoms. The summed E-state index contributed by atoms with van der Waals surface area (Å²) in [5, 5.41) is 7.43. The fourth-order valence-corrected chi connectivity index (χ4v) is 2.77. The number of benzene rings is 1. The minimum atomic E-state index is -0.0313. The van der Waals surface area contributed by atoms with E-state index >= 15 is 0 Å². The normalized spacial score (nSPS) is 18.8. The number of aryl methyl sites for hydroxylation is 1. The molecule has 1 aliphatic heterocycles. The van der Waals surface area contributed by atoms with Gasteiger partial charge < -0.3 is 10.1 Å². The van der Waals surface area contributed by atoms with Crippen molar-refractivity contribution in [1.82, 2.24) is 14.7 Å². The molecular formula is C17H22N4O2. The topological polar surface area (TPSA) is 59.4 Å². The Hall–Kier alpha value is -2.18. The van der Waals surface area contributed by atoms with Crippen molar-refractivity contribution >= 4 is 11.7 Å². The van der Waals surface area contributed by atoms with Crippen LogP contribution in [0.15, 0.2) is 36.4 Å². The fraction of sp³-hybridized carbons (Fsp3) is 0.412. The highest BCUT2D eigenvalue weighted by atomic mass is 16.5. The summed E-state index contributed by atoms with van der Waals surface area (Å²) >= 11 is 0. The van der Waals surface area contributed by atoms with Crippen LogP contribution in [0.4, 0.5) is 5.82 Å². The Labute approximate surface area is 136 Å². The van der Waals surface area contributed by atoms with Crippen molar-refractivity contribution in [3.05, 3.63) is 42.1 Å². The van der Waals surface area contributed by atoms with E-state index in [1.165, 1.54) is 0 Å². The third-order valence-electron chi connectivity index (χ3n) is 3.79. The minimum Gasteiger partial charge on any atom is -0.376 e. The van der Waals surface area contributed by atoms with Gasteiger partial charge in [0.25, 0.3) is 0 Å². The van der Waals surface area contributed by atoms with E-state index in [2.05, 4.69) is 15.3 Å². The molecule has 1 atom stereocenters. The molecule has 0 unspecified atom stereocenters. The Balaban J connectivity index is 1.69. The zero-order valence-corrected chi connectivity index (χ0v) is 13.5. The van der Waals surface area contributed by atoms with Gasteiger partial charge in [-0.2, -0.15) is 5.10 Å². The van der Waals surface area contributed by atoms with Gasteiger partial charge in [0.15, 0.2) is 0 Å². The number of hydrogen-bond acceptors (Lipinski definition) is 4. The van der Waals surface area contributed by atoms with E-state index in [9.17, 15) is 4.79 Å².